The molecule has 5 rings (SSSR count). The Morgan fingerprint density at radius 2 is 2.17 bits per heavy atom. The number of carbonyl (C=O) groups excluding carboxylic acids is 1. The van der Waals surface area contributed by atoms with E-state index >= 15 is 0 Å². The summed E-state index contributed by atoms with van der Waals surface area (Å²) in [5.74, 6) is 0.249. The van der Waals surface area contributed by atoms with Gasteiger partial charge in [-0.05, 0) is 37.9 Å². The van der Waals surface area contributed by atoms with Gasteiger partial charge < -0.3 is 10.2 Å². The summed E-state index contributed by atoms with van der Waals surface area (Å²) >= 11 is 0. The van der Waals surface area contributed by atoms with Crippen molar-refractivity contribution in [1.82, 2.24) is 20.4 Å². The lowest BCUT2D eigenvalue weighted by Gasteiger charge is -2.44. The van der Waals surface area contributed by atoms with Crippen LogP contribution in [0.15, 0.2) is 18.2 Å². The third kappa shape index (κ3) is 2.44. The number of hydrogen-bond acceptors (Lipinski definition) is 5. The SMILES string of the molecule is O=C(N[C@H]1CN2CCC1CC2)c1n[nH]c2ccc([N+](=O)[O-])cc12. The molecule has 2 bridgehead atoms. The van der Waals surface area contributed by atoms with E-state index in [9.17, 15) is 14.9 Å². The van der Waals surface area contributed by atoms with Crippen LogP contribution in [0.25, 0.3) is 10.9 Å². The van der Waals surface area contributed by atoms with Crippen molar-refractivity contribution in [1.29, 1.82) is 0 Å². The van der Waals surface area contributed by atoms with E-state index in [1.54, 1.807) is 6.07 Å². The van der Waals surface area contributed by atoms with Gasteiger partial charge in [-0.15, -0.1) is 0 Å². The van der Waals surface area contributed by atoms with Gasteiger partial charge in [0.2, 0.25) is 0 Å². The zero-order valence-corrected chi connectivity index (χ0v) is 12.5. The highest BCUT2D eigenvalue weighted by atomic mass is 16.6. The fourth-order valence-electron chi connectivity index (χ4n) is 3.65. The Labute approximate surface area is 132 Å². The largest absolute Gasteiger partial charge is 0.346 e. The Bertz CT molecular complexity index is 779. The summed E-state index contributed by atoms with van der Waals surface area (Å²) in [7, 11) is 0. The number of benzene rings is 1. The maximum Gasteiger partial charge on any atom is 0.272 e. The number of nitro groups is 1. The standard InChI is InChI=1S/C15H17N5O3/c21-15(16-13-8-19-5-3-9(13)4-6-19)14-11-7-10(20(22)23)1-2-12(11)17-18-14/h1-2,7,9,13H,3-6,8H2,(H,16,21)(H,17,18)/t13-/m0/s1. The monoisotopic (exact) mass is 315 g/mol. The van der Waals surface area contributed by atoms with Gasteiger partial charge in [0.05, 0.1) is 10.4 Å². The molecule has 3 aliphatic rings. The molecule has 2 aromatic rings. The number of hydrogen-bond donors (Lipinski definition) is 2. The second-order valence-electron chi connectivity index (χ2n) is 6.28. The van der Waals surface area contributed by atoms with Crippen molar-refractivity contribution in [2.24, 2.45) is 5.92 Å². The van der Waals surface area contributed by atoms with Crippen LogP contribution >= 0.6 is 0 Å². The quantitative estimate of drug-likeness (QED) is 0.656. The lowest BCUT2D eigenvalue weighted by molar-refractivity contribution is -0.384. The van der Waals surface area contributed by atoms with Crippen LogP contribution in [-0.2, 0) is 0 Å². The molecule has 3 saturated heterocycles. The van der Waals surface area contributed by atoms with Crippen LogP contribution in [0.5, 0.6) is 0 Å². The van der Waals surface area contributed by atoms with E-state index in [-0.39, 0.29) is 23.3 Å². The first kappa shape index (κ1) is 14.1. The summed E-state index contributed by atoms with van der Waals surface area (Å²) in [5.41, 5.74) is 0.797. The fraction of sp³-hybridized carbons (Fsp3) is 0.467. The van der Waals surface area contributed by atoms with E-state index in [4.69, 9.17) is 0 Å². The van der Waals surface area contributed by atoms with Crippen molar-refractivity contribution in [2.75, 3.05) is 19.6 Å². The number of non-ortho nitro benzene ring substituents is 1. The number of aromatic amines is 1. The Balaban J connectivity index is 1.59. The molecule has 2 N–H and O–H groups in total. The van der Waals surface area contributed by atoms with Gasteiger partial charge in [0, 0.05) is 30.1 Å². The van der Waals surface area contributed by atoms with E-state index in [2.05, 4.69) is 20.4 Å². The molecule has 0 aliphatic carbocycles. The van der Waals surface area contributed by atoms with E-state index in [0.717, 1.165) is 32.5 Å². The summed E-state index contributed by atoms with van der Waals surface area (Å²) in [5, 5.41) is 21.3. The highest BCUT2D eigenvalue weighted by Gasteiger charge is 2.35. The molecule has 3 fully saturated rings. The molecule has 1 aromatic heterocycles. The topological polar surface area (TPSA) is 104 Å². The average Bonchev–Trinajstić information content (AvgIpc) is 2.99. The molecule has 23 heavy (non-hydrogen) atoms. The minimum absolute atomic E-state index is 0.0456. The molecular formula is C15H17N5O3. The highest BCUT2D eigenvalue weighted by Crippen LogP contribution is 2.28. The number of amides is 1. The first-order valence-corrected chi connectivity index (χ1v) is 7.77. The summed E-state index contributed by atoms with van der Waals surface area (Å²) in [6.07, 6.45) is 2.22. The number of H-pyrrole nitrogens is 1. The molecule has 120 valence electrons. The van der Waals surface area contributed by atoms with Gasteiger partial charge in [-0.1, -0.05) is 0 Å². The maximum absolute atomic E-state index is 12.6. The van der Waals surface area contributed by atoms with Gasteiger partial charge in [0.15, 0.2) is 5.69 Å². The molecule has 0 unspecified atom stereocenters. The molecule has 1 amide bonds. The number of carbonyl (C=O) groups is 1. The molecule has 3 aliphatic heterocycles. The van der Waals surface area contributed by atoms with Crippen molar-refractivity contribution in [3.8, 4) is 0 Å². The van der Waals surface area contributed by atoms with Crippen LogP contribution < -0.4 is 5.32 Å². The summed E-state index contributed by atoms with van der Waals surface area (Å²) in [4.78, 5) is 25.4. The van der Waals surface area contributed by atoms with Crippen molar-refractivity contribution < 1.29 is 9.72 Å². The van der Waals surface area contributed by atoms with Crippen LogP contribution in [0, 0.1) is 16.0 Å². The molecule has 0 saturated carbocycles. The Hall–Kier alpha value is -2.48. The van der Waals surface area contributed by atoms with E-state index in [1.807, 2.05) is 0 Å². The molecule has 1 aromatic carbocycles. The predicted molar refractivity (Wildman–Crippen MR) is 83.2 cm³/mol. The molecule has 0 radical (unpaired) electrons. The summed E-state index contributed by atoms with van der Waals surface area (Å²) in [6, 6.07) is 4.50. The van der Waals surface area contributed by atoms with Crippen molar-refractivity contribution in [3.05, 3.63) is 34.0 Å². The minimum atomic E-state index is -0.471. The van der Waals surface area contributed by atoms with E-state index < -0.39 is 4.92 Å². The third-order valence-corrected chi connectivity index (χ3v) is 4.94. The molecule has 8 heteroatoms. The molecule has 4 heterocycles. The number of aromatic nitrogens is 2. The van der Waals surface area contributed by atoms with Gasteiger partial charge in [-0.2, -0.15) is 5.10 Å². The minimum Gasteiger partial charge on any atom is -0.346 e. The third-order valence-electron chi connectivity index (χ3n) is 4.94. The van der Waals surface area contributed by atoms with Gasteiger partial charge in [-0.25, -0.2) is 0 Å². The molecular weight excluding hydrogens is 298 g/mol. The van der Waals surface area contributed by atoms with Gasteiger partial charge >= 0.3 is 0 Å². The van der Waals surface area contributed by atoms with Crippen molar-refractivity contribution in [2.45, 2.75) is 18.9 Å². The number of nitrogens with zero attached hydrogens (tertiary/aromatic N) is 3. The van der Waals surface area contributed by atoms with Crippen LogP contribution in [0.2, 0.25) is 0 Å². The molecule has 0 spiro atoms. The number of nitrogens with one attached hydrogen (secondary N) is 2. The average molecular weight is 315 g/mol. The fourth-order valence-corrected chi connectivity index (χ4v) is 3.65. The zero-order chi connectivity index (χ0) is 16.0. The van der Waals surface area contributed by atoms with E-state index in [1.165, 1.54) is 12.1 Å². The van der Waals surface area contributed by atoms with E-state index in [0.29, 0.717) is 16.8 Å². The van der Waals surface area contributed by atoms with Crippen LogP contribution in [0.4, 0.5) is 5.69 Å². The summed E-state index contributed by atoms with van der Waals surface area (Å²) in [6.45, 7) is 3.09. The van der Waals surface area contributed by atoms with Gasteiger partial charge in [0.25, 0.3) is 11.6 Å². The van der Waals surface area contributed by atoms with Gasteiger partial charge in [-0.3, -0.25) is 20.0 Å². The highest BCUT2D eigenvalue weighted by molar-refractivity contribution is 6.05. The van der Waals surface area contributed by atoms with Crippen LogP contribution in [0.1, 0.15) is 23.3 Å². The number of fused-ring (bicyclic) bond motifs is 4. The first-order chi connectivity index (χ1) is 11.1. The predicted octanol–water partition coefficient (Wildman–Crippen LogP) is 1.30. The van der Waals surface area contributed by atoms with Gasteiger partial charge in [0.1, 0.15) is 0 Å². The van der Waals surface area contributed by atoms with Crippen LogP contribution in [0.3, 0.4) is 0 Å². The Morgan fingerprint density at radius 3 is 2.83 bits per heavy atom. The maximum atomic E-state index is 12.6. The Morgan fingerprint density at radius 1 is 1.39 bits per heavy atom. The normalized spacial score (nSPS) is 26.3. The Kier molecular flexibility index (Phi) is 3.26. The number of piperidine rings is 3. The molecule has 1 atom stereocenters. The van der Waals surface area contributed by atoms with Crippen molar-refractivity contribution >= 4 is 22.5 Å². The second-order valence-corrected chi connectivity index (χ2v) is 6.28. The second kappa shape index (κ2) is 5.31. The molecule has 8 nitrogen and oxygen atoms in total. The number of nitro benzene ring substituents is 1. The smallest absolute Gasteiger partial charge is 0.272 e. The number of rotatable bonds is 3. The zero-order valence-electron chi connectivity index (χ0n) is 12.5. The van der Waals surface area contributed by atoms with Crippen LogP contribution in [-0.4, -0.2) is 51.6 Å². The van der Waals surface area contributed by atoms with Crippen molar-refractivity contribution in [3.63, 3.8) is 0 Å². The lowest BCUT2D eigenvalue weighted by Crippen LogP contribution is -2.57. The lowest BCUT2D eigenvalue weighted by atomic mass is 9.84. The first-order valence-electron chi connectivity index (χ1n) is 7.77. The summed E-state index contributed by atoms with van der Waals surface area (Å²) < 4.78 is 0.